The summed E-state index contributed by atoms with van der Waals surface area (Å²) in [4.78, 5) is 11.5. The van der Waals surface area contributed by atoms with Gasteiger partial charge in [-0.3, -0.25) is 4.79 Å². The quantitative estimate of drug-likeness (QED) is 0.412. The average Bonchev–Trinajstić information content (AvgIpc) is 2.23. The van der Waals surface area contributed by atoms with E-state index in [1.165, 1.54) is 0 Å². The van der Waals surface area contributed by atoms with E-state index < -0.39 is 0 Å². The van der Waals surface area contributed by atoms with Gasteiger partial charge in [0.1, 0.15) is 6.61 Å². The van der Waals surface area contributed by atoms with E-state index >= 15 is 0 Å². The van der Waals surface area contributed by atoms with Crippen molar-refractivity contribution in [1.82, 2.24) is 5.32 Å². The maximum atomic E-state index is 11.4. The molecule has 0 spiro atoms. The molecule has 0 heterocycles. The third-order valence-electron chi connectivity index (χ3n) is 2.14. The van der Waals surface area contributed by atoms with Crippen LogP contribution in [0.5, 0.6) is 0 Å². The van der Waals surface area contributed by atoms with E-state index in [1.54, 1.807) is 0 Å². The van der Waals surface area contributed by atoms with Crippen LogP contribution in [0.2, 0.25) is 0 Å². The largest absolute Gasteiger partial charge is 0.496 e. The Balaban J connectivity index is 3.33. The molecule has 0 saturated heterocycles. The summed E-state index contributed by atoms with van der Waals surface area (Å²) in [5.41, 5.74) is 0.186. The van der Waals surface area contributed by atoms with Gasteiger partial charge in [0.2, 0.25) is 5.91 Å². The summed E-state index contributed by atoms with van der Waals surface area (Å²) in [6.45, 7) is 8.07. The van der Waals surface area contributed by atoms with Gasteiger partial charge in [0.25, 0.3) is 0 Å². The topological polar surface area (TPSA) is 47.6 Å². The zero-order valence-electron chi connectivity index (χ0n) is 11.5. The van der Waals surface area contributed by atoms with Crippen molar-refractivity contribution in [2.75, 3.05) is 26.4 Å². The molecule has 0 bridgehead atoms. The third-order valence-corrected chi connectivity index (χ3v) is 2.26. The summed E-state index contributed by atoms with van der Waals surface area (Å²) in [6.07, 6.45) is 1.43. The molecule has 18 heavy (non-hydrogen) atoms. The van der Waals surface area contributed by atoms with Crippen molar-refractivity contribution in [3.8, 4) is 0 Å². The van der Waals surface area contributed by atoms with Crippen LogP contribution in [0.1, 0.15) is 33.6 Å². The minimum atomic E-state index is 0.0223. The van der Waals surface area contributed by atoms with Crippen LogP contribution >= 0.6 is 12.2 Å². The Morgan fingerprint density at radius 1 is 1.28 bits per heavy atom. The minimum Gasteiger partial charge on any atom is -0.496 e. The Morgan fingerprint density at radius 2 is 1.94 bits per heavy atom. The second-order valence-electron chi connectivity index (χ2n) is 5.19. The van der Waals surface area contributed by atoms with Crippen molar-refractivity contribution in [2.45, 2.75) is 33.6 Å². The van der Waals surface area contributed by atoms with Crippen molar-refractivity contribution in [1.29, 1.82) is 0 Å². The molecule has 1 amide bonds. The number of rotatable bonds is 8. The molecule has 0 aliphatic rings. The lowest BCUT2D eigenvalue weighted by Gasteiger charge is -2.17. The maximum Gasteiger partial charge on any atom is 0.220 e. The fourth-order valence-electron chi connectivity index (χ4n) is 1.14. The molecule has 0 atom stereocenters. The molecule has 0 saturated carbocycles. The standard InChI is InChI=1S/C12H22BNO3S/c1-12(2,3)5-4-10(15)14-6-7-16-8-9-17-11(13)18/h4-9H2,1-3H3,(H,14,15). The van der Waals surface area contributed by atoms with Crippen LogP contribution in [0.3, 0.4) is 0 Å². The number of carbonyl (C=O) groups excluding carboxylic acids is 1. The first-order chi connectivity index (χ1) is 8.31. The number of ether oxygens (including phenoxy) is 2. The van der Waals surface area contributed by atoms with E-state index in [0.29, 0.717) is 32.8 Å². The van der Waals surface area contributed by atoms with Gasteiger partial charge in [-0.15, -0.1) is 0 Å². The molecule has 2 radical (unpaired) electrons. The molecule has 4 nitrogen and oxygen atoms in total. The zero-order chi connectivity index (χ0) is 14.0. The molecular weight excluding hydrogens is 249 g/mol. The normalized spacial score (nSPS) is 11.1. The first-order valence-corrected chi connectivity index (χ1v) is 6.49. The van der Waals surface area contributed by atoms with Crippen LogP contribution in [-0.4, -0.2) is 45.1 Å². The Hall–Kier alpha value is -0.615. The Kier molecular flexibility index (Phi) is 9.01. The van der Waals surface area contributed by atoms with Crippen LogP contribution in [0.4, 0.5) is 0 Å². The van der Waals surface area contributed by atoms with Crippen LogP contribution in [0.25, 0.3) is 0 Å². The SMILES string of the molecule is [B]C(=S)OCCOCCNC(=O)CCC(C)(C)C. The summed E-state index contributed by atoms with van der Waals surface area (Å²) in [6, 6.07) is 0. The fraction of sp³-hybridized carbons (Fsp3) is 0.833. The summed E-state index contributed by atoms with van der Waals surface area (Å²) in [5, 5.41) is 2.80. The lowest BCUT2D eigenvalue weighted by molar-refractivity contribution is -0.121. The minimum absolute atomic E-state index is 0.0223. The molecular formula is C12H22BNO3S. The van der Waals surface area contributed by atoms with E-state index in [-0.39, 0.29) is 16.3 Å². The van der Waals surface area contributed by atoms with E-state index in [9.17, 15) is 4.79 Å². The second-order valence-corrected chi connectivity index (χ2v) is 5.59. The van der Waals surface area contributed by atoms with Gasteiger partial charge in [-0.05, 0) is 11.8 Å². The molecule has 6 heteroatoms. The van der Waals surface area contributed by atoms with Crippen molar-refractivity contribution < 1.29 is 14.3 Å². The molecule has 0 aliphatic heterocycles. The Bertz CT molecular complexity index is 267. The van der Waals surface area contributed by atoms with Crippen LogP contribution in [0, 0.1) is 5.41 Å². The molecule has 0 rings (SSSR count). The third kappa shape index (κ3) is 13.4. The summed E-state index contributed by atoms with van der Waals surface area (Å²) in [7, 11) is 5.14. The van der Waals surface area contributed by atoms with Gasteiger partial charge < -0.3 is 14.8 Å². The number of carbonyl (C=O) groups is 1. The summed E-state index contributed by atoms with van der Waals surface area (Å²) in [5.74, 6) is 0.0629. The number of hydrogen-bond acceptors (Lipinski definition) is 4. The fourth-order valence-corrected chi connectivity index (χ4v) is 1.23. The lowest BCUT2D eigenvalue weighted by atomic mass is 9.90. The van der Waals surface area contributed by atoms with Gasteiger partial charge in [0.05, 0.1) is 18.2 Å². The van der Waals surface area contributed by atoms with E-state index in [1.807, 2.05) is 0 Å². The Morgan fingerprint density at radius 3 is 2.50 bits per heavy atom. The average molecular weight is 271 g/mol. The second kappa shape index (κ2) is 9.33. The molecule has 102 valence electrons. The number of hydrogen-bond donors (Lipinski definition) is 1. The van der Waals surface area contributed by atoms with Crippen LogP contribution in [-0.2, 0) is 14.3 Å². The van der Waals surface area contributed by atoms with E-state index in [2.05, 4.69) is 38.3 Å². The van der Waals surface area contributed by atoms with Gasteiger partial charge in [-0.2, -0.15) is 0 Å². The molecule has 0 aromatic rings. The maximum absolute atomic E-state index is 11.4. The zero-order valence-corrected chi connectivity index (χ0v) is 12.3. The predicted molar refractivity (Wildman–Crippen MR) is 76.8 cm³/mol. The smallest absolute Gasteiger partial charge is 0.220 e. The number of thiocarbonyl (C=S) groups is 1. The highest BCUT2D eigenvalue weighted by Crippen LogP contribution is 2.19. The van der Waals surface area contributed by atoms with Crippen molar-refractivity contribution >= 4 is 30.9 Å². The predicted octanol–water partition coefficient (Wildman–Crippen LogP) is 1.42. The Labute approximate surface area is 116 Å². The van der Waals surface area contributed by atoms with Gasteiger partial charge >= 0.3 is 0 Å². The molecule has 0 aliphatic carbocycles. The van der Waals surface area contributed by atoms with E-state index in [4.69, 9.17) is 17.3 Å². The first-order valence-electron chi connectivity index (χ1n) is 6.08. The van der Waals surface area contributed by atoms with Crippen LogP contribution in [0.15, 0.2) is 0 Å². The van der Waals surface area contributed by atoms with Gasteiger partial charge in [0, 0.05) is 13.0 Å². The van der Waals surface area contributed by atoms with Gasteiger partial charge in [-0.25, -0.2) is 0 Å². The molecule has 0 fully saturated rings. The summed E-state index contributed by atoms with van der Waals surface area (Å²) >= 11 is 4.53. The number of amides is 1. The highest BCUT2D eigenvalue weighted by Gasteiger charge is 2.12. The number of nitrogens with one attached hydrogen (secondary N) is 1. The monoisotopic (exact) mass is 271 g/mol. The molecule has 1 N–H and O–H groups in total. The lowest BCUT2D eigenvalue weighted by Crippen LogP contribution is -2.28. The molecule has 0 unspecified atom stereocenters. The summed E-state index contributed by atoms with van der Waals surface area (Å²) < 4.78 is 10.1. The van der Waals surface area contributed by atoms with Gasteiger partial charge in [0.15, 0.2) is 7.85 Å². The van der Waals surface area contributed by atoms with Crippen molar-refractivity contribution in [3.63, 3.8) is 0 Å². The first kappa shape index (κ1) is 17.4. The van der Waals surface area contributed by atoms with Crippen LogP contribution < -0.4 is 5.32 Å². The van der Waals surface area contributed by atoms with Crippen molar-refractivity contribution in [3.05, 3.63) is 0 Å². The highest BCUT2D eigenvalue weighted by atomic mass is 32.1. The molecule has 0 aromatic heterocycles. The van der Waals surface area contributed by atoms with E-state index in [0.717, 1.165) is 6.42 Å². The van der Waals surface area contributed by atoms with Crippen molar-refractivity contribution in [2.24, 2.45) is 5.41 Å². The highest BCUT2D eigenvalue weighted by molar-refractivity contribution is 7.82. The molecule has 0 aromatic carbocycles. The van der Waals surface area contributed by atoms with Gasteiger partial charge in [-0.1, -0.05) is 33.0 Å².